The molecule has 1 aliphatic carbocycles. The van der Waals surface area contributed by atoms with Gasteiger partial charge in [-0.05, 0) is 38.5 Å². The van der Waals surface area contributed by atoms with E-state index in [-0.39, 0.29) is 24.0 Å². The second-order valence-electron chi connectivity index (χ2n) is 7.92. The van der Waals surface area contributed by atoms with Gasteiger partial charge in [0.1, 0.15) is 0 Å². The van der Waals surface area contributed by atoms with Gasteiger partial charge in [-0.3, -0.25) is 14.3 Å². The number of carbonyl (C=O) groups is 2. The number of Topliss-reactive ketones (excluding diaryl/α,β-unsaturated/α-hetero) is 1. The summed E-state index contributed by atoms with van der Waals surface area (Å²) in [5, 5.41) is 7.59. The van der Waals surface area contributed by atoms with Crippen LogP contribution in [0, 0.1) is 20.8 Å². The zero-order valence-electron chi connectivity index (χ0n) is 17.2. The second-order valence-corrected chi connectivity index (χ2v) is 7.92. The third-order valence-corrected chi connectivity index (χ3v) is 5.69. The third kappa shape index (κ3) is 3.48. The monoisotopic (exact) mass is 387 g/mol. The molecule has 5 heteroatoms. The van der Waals surface area contributed by atoms with Crippen LogP contribution in [0.2, 0.25) is 0 Å². The first kappa shape index (κ1) is 19.1. The molecule has 1 amide bonds. The van der Waals surface area contributed by atoms with Crippen molar-refractivity contribution in [2.45, 2.75) is 39.2 Å². The van der Waals surface area contributed by atoms with Crippen LogP contribution in [0.15, 0.2) is 48.5 Å². The maximum Gasteiger partial charge on any atom is 0.251 e. The normalized spacial score (nSPS) is 18.4. The number of hydrogen-bond acceptors (Lipinski definition) is 3. The topological polar surface area (TPSA) is 64.0 Å². The van der Waals surface area contributed by atoms with Crippen LogP contribution in [0.3, 0.4) is 0 Å². The van der Waals surface area contributed by atoms with Crippen LogP contribution in [0.1, 0.15) is 49.9 Å². The number of amides is 1. The van der Waals surface area contributed by atoms with E-state index in [1.54, 1.807) is 10.7 Å². The molecule has 1 heterocycles. The van der Waals surface area contributed by atoms with Crippen molar-refractivity contribution in [3.05, 3.63) is 87.7 Å². The molecule has 5 nitrogen and oxygen atoms in total. The molecule has 1 N–H and O–H groups in total. The second kappa shape index (κ2) is 7.32. The van der Waals surface area contributed by atoms with E-state index < -0.39 is 6.04 Å². The zero-order chi connectivity index (χ0) is 20.7. The Hall–Kier alpha value is -3.21. The van der Waals surface area contributed by atoms with Crippen molar-refractivity contribution in [3.8, 4) is 0 Å². The van der Waals surface area contributed by atoms with E-state index in [1.165, 1.54) is 0 Å². The first-order chi connectivity index (χ1) is 13.8. The highest BCUT2D eigenvalue weighted by Gasteiger charge is 2.41. The van der Waals surface area contributed by atoms with Crippen molar-refractivity contribution in [1.82, 2.24) is 15.1 Å². The summed E-state index contributed by atoms with van der Waals surface area (Å²) in [7, 11) is 1.87. The van der Waals surface area contributed by atoms with Crippen molar-refractivity contribution in [2.75, 3.05) is 0 Å². The lowest BCUT2D eigenvalue weighted by Gasteiger charge is -2.32. The van der Waals surface area contributed by atoms with Gasteiger partial charge in [0.2, 0.25) is 0 Å². The van der Waals surface area contributed by atoms with E-state index in [9.17, 15) is 9.59 Å². The summed E-state index contributed by atoms with van der Waals surface area (Å²) >= 11 is 0. The molecule has 0 unspecified atom stereocenters. The fourth-order valence-electron chi connectivity index (χ4n) is 4.36. The molecule has 0 spiro atoms. The summed E-state index contributed by atoms with van der Waals surface area (Å²) in [4.78, 5) is 26.1. The van der Waals surface area contributed by atoms with Gasteiger partial charge in [0, 0.05) is 29.8 Å². The lowest BCUT2D eigenvalue weighted by Crippen LogP contribution is -2.48. The van der Waals surface area contributed by atoms with Crippen LogP contribution in [-0.4, -0.2) is 27.5 Å². The van der Waals surface area contributed by atoms with Crippen molar-refractivity contribution < 1.29 is 9.59 Å². The highest BCUT2D eigenvalue weighted by molar-refractivity contribution is 5.99. The number of nitrogens with one attached hydrogen (secondary N) is 1. The molecule has 2 aromatic carbocycles. The quantitative estimate of drug-likeness (QED) is 0.749. The van der Waals surface area contributed by atoms with Crippen molar-refractivity contribution >= 4 is 11.7 Å². The summed E-state index contributed by atoms with van der Waals surface area (Å²) in [5.74, 6) is -0.476. The number of aromatic nitrogens is 2. The van der Waals surface area contributed by atoms with Gasteiger partial charge in [0.25, 0.3) is 5.91 Å². The first-order valence-corrected chi connectivity index (χ1v) is 9.84. The van der Waals surface area contributed by atoms with Crippen LogP contribution < -0.4 is 5.32 Å². The third-order valence-electron chi connectivity index (χ3n) is 5.69. The number of ketones is 1. The Balaban J connectivity index is 1.79. The minimum Gasteiger partial charge on any atom is -0.341 e. The Morgan fingerprint density at radius 3 is 2.45 bits per heavy atom. The molecule has 1 aliphatic rings. The lowest BCUT2D eigenvalue weighted by molar-refractivity contribution is -0.121. The number of hydrogen-bond donors (Lipinski definition) is 1. The maximum absolute atomic E-state index is 13.2. The van der Waals surface area contributed by atoms with Crippen LogP contribution in [-0.2, 0) is 18.3 Å². The van der Waals surface area contributed by atoms with Gasteiger partial charge >= 0.3 is 0 Å². The average molecular weight is 387 g/mol. The molecular weight excluding hydrogens is 362 g/mol. The molecule has 2 atom stereocenters. The molecule has 0 bridgehead atoms. The molecule has 0 fully saturated rings. The minimum atomic E-state index is -0.625. The van der Waals surface area contributed by atoms with Gasteiger partial charge in [-0.2, -0.15) is 5.10 Å². The molecule has 0 radical (unpaired) electrons. The van der Waals surface area contributed by atoms with Crippen molar-refractivity contribution in [3.63, 3.8) is 0 Å². The lowest BCUT2D eigenvalue weighted by atomic mass is 9.76. The van der Waals surface area contributed by atoms with E-state index in [2.05, 4.69) is 16.5 Å². The van der Waals surface area contributed by atoms with Crippen LogP contribution in [0.5, 0.6) is 0 Å². The fraction of sp³-hybridized carbons (Fsp3) is 0.292. The van der Waals surface area contributed by atoms with E-state index in [0.717, 1.165) is 33.6 Å². The number of benzene rings is 2. The predicted octanol–water partition coefficient (Wildman–Crippen LogP) is 3.40. The summed E-state index contributed by atoms with van der Waals surface area (Å²) in [6, 6.07) is 14.9. The molecule has 148 valence electrons. The van der Waals surface area contributed by atoms with Gasteiger partial charge in [-0.25, -0.2) is 0 Å². The molecule has 3 aromatic rings. The van der Waals surface area contributed by atoms with Gasteiger partial charge in [0.05, 0.1) is 18.2 Å². The number of aryl methyl sites for hydroxylation is 4. The zero-order valence-corrected chi connectivity index (χ0v) is 17.2. The number of rotatable bonds is 3. The number of carbonyl (C=O) groups excluding carboxylic acids is 2. The summed E-state index contributed by atoms with van der Waals surface area (Å²) < 4.78 is 1.80. The number of nitrogens with zero attached hydrogens (tertiary/aromatic N) is 2. The average Bonchev–Trinajstić information content (AvgIpc) is 2.95. The van der Waals surface area contributed by atoms with Crippen LogP contribution >= 0.6 is 0 Å². The molecule has 29 heavy (non-hydrogen) atoms. The molecule has 1 aromatic heterocycles. The summed E-state index contributed by atoms with van der Waals surface area (Å²) in [6.07, 6.45) is 0.272. The highest BCUT2D eigenvalue weighted by atomic mass is 16.2. The smallest absolute Gasteiger partial charge is 0.251 e. The Labute approximate surface area is 170 Å². The van der Waals surface area contributed by atoms with Gasteiger partial charge < -0.3 is 5.32 Å². The molecule has 0 saturated carbocycles. The van der Waals surface area contributed by atoms with Gasteiger partial charge in [-0.1, -0.05) is 47.5 Å². The van der Waals surface area contributed by atoms with Crippen molar-refractivity contribution in [1.29, 1.82) is 0 Å². The fourth-order valence-corrected chi connectivity index (χ4v) is 4.36. The van der Waals surface area contributed by atoms with Crippen molar-refractivity contribution in [2.24, 2.45) is 7.05 Å². The maximum atomic E-state index is 13.2. The van der Waals surface area contributed by atoms with Crippen LogP contribution in [0.4, 0.5) is 0 Å². The van der Waals surface area contributed by atoms with E-state index in [1.807, 2.05) is 64.2 Å². The molecular formula is C24H25N3O2. The number of fused-ring (bicyclic) bond motifs is 1. The Kier molecular flexibility index (Phi) is 4.82. The van der Waals surface area contributed by atoms with E-state index >= 15 is 0 Å². The predicted molar refractivity (Wildman–Crippen MR) is 112 cm³/mol. The molecule has 4 rings (SSSR count). The Morgan fingerprint density at radius 1 is 1.07 bits per heavy atom. The summed E-state index contributed by atoms with van der Waals surface area (Å²) in [5.41, 5.74) is 6.59. The molecule has 0 saturated heterocycles. The van der Waals surface area contributed by atoms with Crippen LogP contribution in [0.25, 0.3) is 0 Å². The van der Waals surface area contributed by atoms with E-state index in [4.69, 9.17) is 0 Å². The highest BCUT2D eigenvalue weighted by Crippen LogP contribution is 2.37. The largest absolute Gasteiger partial charge is 0.341 e. The summed E-state index contributed by atoms with van der Waals surface area (Å²) in [6.45, 7) is 5.95. The van der Waals surface area contributed by atoms with Gasteiger partial charge in [-0.15, -0.1) is 0 Å². The standard InChI is InChI=1S/C24H25N3O2/c1-14-7-5-9-17(11-14)22-21-16(3)26-27(4)19(21)13-20(28)23(22)25-24(29)18-10-6-8-15(2)12-18/h5-12,22-23H,13H2,1-4H3,(H,25,29)/t22-,23-/m1/s1. The molecule has 0 aliphatic heterocycles. The first-order valence-electron chi connectivity index (χ1n) is 9.84. The SMILES string of the molecule is Cc1cccc(C(=O)N[C@@H]2C(=O)Cc3c(c(C)nn3C)[C@H]2c2cccc(C)c2)c1. The Bertz CT molecular complexity index is 1110. The van der Waals surface area contributed by atoms with Gasteiger partial charge in [0.15, 0.2) is 5.78 Å². The minimum absolute atomic E-state index is 0.00742. The Morgan fingerprint density at radius 2 is 1.76 bits per heavy atom. The van der Waals surface area contributed by atoms with E-state index in [0.29, 0.717) is 5.56 Å².